The third-order valence-electron chi connectivity index (χ3n) is 5.96. The number of carbonyl (C=O) groups is 2. The van der Waals surface area contributed by atoms with Gasteiger partial charge >= 0.3 is 0 Å². The third kappa shape index (κ3) is 5.91. The normalized spacial score (nSPS) is 14.0. The summed E-state index contributed by atoms with van der Waals surface area (Å²) >= 11 is 1.59. The highest BCUT2D eigenvalue weighted by atomic mass is 32.1. The summed E-state index contributed by atoms with van der Waals surface area (Å²) in [4.78, 5) is 28.8. The standard InChI is InChI=1S/C26H27N5O4S/c32-25(27-17-21-2-1-15-36-21)19-5-8-23-22(16-19)24(30-29-23)28-26(33)18-3-6-20(7-4-18)35-14-11-31-9-12-34-13-10-31/h1-8,15-16H,9-14,17H2,(H,27,32)(H2,28,29,30,33). The second-order valence-corrected chi connectivity index (χ2v) is 9.41. The van der Waals surface area contributed by atoms with E-state index < -0.39 is 0 Å². The van der Waals surface area contributed by atoms with Crippen LogP contribution in [0.15, 0.2) is 60.0 Å². The average molecular weight is 506 g/mol. The molecule has 186 valence electrons. The first-order valence-corrected chi connectivity index (χ1v) is 12.7. The summed E-state index contributed by atoms with van der Waals surface area (Å²) in [5.41, 5.74) is 1.70. The number of rotatable bonds is 9. The number of aromatic amines is 1. The van der Waals surface area contributed by atoms with E-state index in [4.69, 9.17) is 9.47 Å². The van der Waals surface area contributed by atoms with Crippen LogP contribution in [0.2, 0.25) is 0 Å². The van der Waals surface area contributed by atoms with Crippen LogP contribution in [-0.4, -0.2) is 66.4 Å². The number of H-pyrrole nitrogens is 1. The molecule has 1 aliphatic heterocycles. The molecule has 3 heterocycles. The van der Waals surface area contributed by atoms with Gasteiger partial charge in [-0.25, -0.2) is 0 Å². The molecule has 1 fully saturated rings. The fraction of sp³-hybridized carbons (Fsp3) is 0.269. The fourth-order valence-electron chi connectivity index (χ4n) is 3.93. The molecule has 9 nitrogen and oxygen atoms in total. The number of anilines is 1. The molecule has 0 atom stereocenters. The molecule has 5 rings (SSSR count). The minimum Gasteiger partial charge on any atom is -0.492 e. The van der Waals surface area contributed by atoms with Gasteiger partial charge in [-0.05, 0) is 53.9 Å². The molecule has 1 saturated heterocycles. The quantitative estimate of drug-likeness (QED) is 0.321. The van der Waals surface area contributed by atoms with E-state index in [0.717, 1.165) is 43.2 Å². The molecule has 36 heavy (non-hydrogen) atoms. The summed E-state index contributed by atoms with van der Waals surface area (Å²) < 4.78 is 11.2. The number of benzene rings is 2. The second kappa shape index (κ2) is 11.3. The smallest absolute Gasteiger partial charge is 0.256 e. The number of thiophene rings is 1. The highest BCUT2D eigenvalue weighted by Gasteiger charge is 2.15. The Kier molecular flexibility index (Phi) is 7.55. The van der Waals surface area contributed by atoms with Gasteiger partial charge in [0.05, 0.1) is 25.3 Å². The summed E-state index contributed by atoms with van der Waals surface area (Å²) in [6.07, 6.45) is 0. The molecule has 1 aliphatic rings. The lowest BCUT2D eigenvalue weighted by Crippen LogP contribution is -2.38. The van der Waals surface area contributed by atoms with Crippen LogP contribution in [0, 0.1) is 0 Å². The molecule has 10 heteroatoms. The van der Waals surface area contributed by atoms with Crippen LogP contribution in [0.4, 0.5) is 5.82 Å². The van der Waals surface area contributed by atoms with Crippen molar-refractivity contribution in [1.82, 2.24) is 20.4 Å². The number of carbonyl (C=O) groups excluding carboxylic acids is 2. The summed E-state index contributed by atoms with van der Waals surface area (Å²) in [5, 5.41) is 15.5. The van der Waals surface area contributed by atoms with Crippen LogP contribution < -0.4 is 15.4 Å². The van der Waals surface area contributed by atoms with Gasteiger partial charge in [0, 0.05) is 41.0 Å². The minimum atomic E-state index is -0.296. The molecule has 2 amide bonds. The van der Waals surface area contributed by atoms with Crippen molar-refractivity contribution in [2.75, 3.05) is 44.8 Å². The maximum Gasteiger partial charge on any atom is 0.256 e. The Balaban J connectivity index is 1.18. The van der Waals surface area contributed by atoms with Crippen molar-refractivity contribution in [2.24, 2.45) is 0 Å². The number of nitrogens with zero attached hydrogens (tertiary/aromatic N) is 2. The molecule has 0 bridgehead atoms. The minimum absolute atomic E-state index is 0.187. The van der Waals surface area contributed by atoms with Crippen LogP contribution in [0.3, 0.4) is 0 Å². The van der Waals surface area contributed by atoms with E-state index in [0.29, 0.717) is 41.2 Å². The zero-order valence-electron chi connectivity index (χ0n) is 19.7. The first-order valence-electron chi connectivity index (χ1n) is 11.8. The number of amides is 2. The summed E-state index contributed by atoms with van der Waals surface area (Å²) in [6.45, 7) is 5.26. The Hall–Kier alpha value is -3.73. The van der Waals surface area contributed by atoms with Gasteiger partial charge in [-0.2, -0.15) is 5.10 Å². The largest absolute Gasteiger partial charge is 0.492 e. The van der Waals surface area contributed by atoms with Crippen molar-refractivity contribution in [2.45, 2.75) is 6.54 Å². The molecule has 0 spiro atoms. The molecule has 0 aliphatic carbocycles. The number of nitrogens with one attached hydrogen (secondary N) is 3. The molecule has 4 aromatic rings. The molecule has 2 aromatic carbocycles. The average Bonchev–Trinajstić information content (AvgIpc) is 3.58. The van der Waals surface area contributed by atoms with E-state index in [1.807, 2.05) is 17.5 Å². The Morgan fingerprint density at radius 1 is 1.06 bits per heavy atom. The van der Waals surface area contributed by atoms with Gasteiger partial charge in [0.2, 0.25) is 0 Å². The second-order valence-electron chi connectivity index (χ2n) is 8.38. The lowest BCUT2D eigenvalue weighted by Gasteiger charge is -2.26. The van der Waals surface area contributed by atoms with Crippen molar-refractivity contribution in [3.8, 4) is 5.75 Å². The number of morpholine rings is 1. The van der Waals surface area contributed by atoms with Crippen molar-refractivity contribution in [1.29, 1.82) is 0 Å². The van der Waals surface area contributed by atoms with Gasteiger partial charge in [0.15, 0.2) is 5.82 Å². The van der Waals surface area contributed by atoms with Gasteiger partial charge in [-0.15, -0.1) is 11.3 Å². The van der Waals surface area contributed by atoms with Crippen molar-refractivity contribution in [3.05, 3.63) is 76.0 Å². The van der Waals surface area contributed by atoms with Crippen LogP contribution >= 0.6 is 11.3 Å². The molecule has 0 radical (unpaired) electrons. The van der Waals surface area contributed by atoms with E-state index in [-0.39, 0.29) is 11.8 Å². The number of fused-ring (bicyclic) bond motifs is 1. The first-order chi connectivity index (χ1) is 17.7. The first kappa shape index (κ1) is 24.0. The maximum absolute atomic E-state index is 12.8. The lowest BCUT2D eigenvalue weighted by molar-refractivity contribution is 0.0322. The van der Waals surface area contributed by atoms with Crippen LogP contribution in [0.1, 0.15) is 25.6 Å². The van der Waals surface area contributed by atoms with E-state index in [2.05, 4.69) is 25.7 Å². The lowest BCUT2D eigenvalue weighted by atomic mass is 10.1. The summed E-state index contributed by atoms with van der Waals surface area (Å²) in [7, 11) is 0. The fourth-order valence-corrected chi connectivity index (χ4v) is 4.58. The molecule has 3 N–H and O–H groups in total. The Bertz CT molecular complexity index is 1310. The molecular weight excluding hydrogens is 478 g/mol. The molecule has 0 unspecified atom stereocenters. The predicted octanol–water partition coefficient (Wildman–Crippen LogP) is 3.52. The molecule has 0 saturated carbocycles. The zero-order chi connectivity index (χ0) is 24.7. The molecule has 2 aromatic heterocycles. The van der Waals surface area contributed by atoms with Gasteiger partial charge in [-0.3, -0.25) is 19.6 Å². The SMILES string of the molecule is O=C(NCc1cccs1)c1ccc2[nH]nc(NC(=O)c3ccc(OCCN4CCOCC4)cc3)c2c1. The van der Waals surface area contributed by atoms with Gasteiger partial charge in [-0.1, -0.05) is 6.07 Å². The molecular formula is C26H27N5O4S. The maximum atomic E-state index is 12.8. The Labute approximate surface area is 212 Å². The monoisotopic (exact) mass is 505 g/mol. The zero-order valence-corrected chi connectivity index (χ0v) is 20.5. The van der Waals surface area contributed by atoms with Crippen molar-refractivity contribution in [3.63, 3.8) is 0 Å². The third-order valence-corrected chi connectivity index (χ3v) is 6.83. The predicted molar refractivity (Wildman–Crippen MR) is 139 cm³/mol. The van der Waals surface area contributed by atoms with Gasteiger partial charge in [0.1, 0.15) is 12.4 Å². The van der Waals surface area contributed by atoms with E-state index in [9.17, 15) is 9.59 Å². The highest BCUT2D eigenvalue weighted by molar-refractivity contribution is 7.09. The van der Waals surface area contributed by atoms with Crippen LogP contribution in [-0.2, 0) is 11.3 Å². The van der Waals surface area contributed by atoms with Crippen molar-refractivity contribution >= 4 is 39.9 Å². The Morgan fingerprint density at radius 3 is 2.64 bits per heavy atom. The Morgan fingerprint density at radius 2 is 1.86 bits per heavy atom. The summed E-state index contributed by atoms with van der Waals surface area (Å²) in [5.74, 6) is 0.598. The summed E-state index contributed by atoms with van der Waals surface area (Å²) in [6, 6.07) is 16.2. The number of hydrogen-bond acceptors (Lipinski definition) is 7. The van der Waals surface area contributed by atoms with Gasteiger partial charge in [0.25, 0.3) is 11.8 Å². The van der Waals surface area contributed by atoms with Gasteiger partial charge < -0.3 is 20.1 Å². The van der Waals surface area contributed by atoms with E-state index in [1.54, 1.807) is 53.8 Å². The topological polar surface area (TPSA) is 109 Å². The highest BCUT2D eigenvalue weighted by Crippen LogP contribution is 2.23. The van der Waals surface area contributed by atoms with E-state index >= 15 is 0 Å². The van der Waals surface area contributed by atoms with Crippen LogP contribution in [0.25, 0.3) is 10.9 Å². The number of aromatic nitrogens is 2. The van der Waals surface area contributed by atoms with E-state index in [1.165, 1.54) is 0 Å². The van der Waals surface area contributed by atoms with Crippen LogP contribution in [0.5, 0.6) is 5.75 Å². The van der Waals surface area contributed by atoms with Crippen molar-refractivity contribution < 1.29 is 19.1 Å². The number of hydrogen-bond donors (Lipinski definition) is 3. The number of ether oxygens (including phenoxy) is 2.